The lowest BCUT2D eigenvalue weighted by atomic mass is 9.89. The van der Waals surface area contributed by atoms with Gasteiger partial charge in [-0.3, -0.25) is 0 Å². The van der Waals surface area contributed by atoms with Crippen LogP contribution in [0.25, 0.3) is 0 Å². The molecule has 138 valence electrons. The van der Waals surface area contributed by atoms with Gasteiger partial charge in [-0.1, -0.05) is 66.7 Å². The average Bonchev–Trinajstić information content (AvgIpc) is 3.20. The summed E-state index contributed by atoms with van der Waals surface area (Å²) in [6.45, 7) is 2.20. The Morgan fingerprint density at radius 2 is 1.48 bits per heavy atom. The molecule has 0 bridgehead atoms. The van der Waals surface area contributed by atoms with Crippen molar-refractivity contribution < 1.29 is 9.47 Å². The molecule has 1 heterocycles. The lowest BCUT2D eigenvalue weighted by Gasteiger charge is -2.19. The predicted molar refractivity (Wildman–Crippen MR) is 108 cm³/mol. The quantitative estimate of drug-likeness (QED) is 0.579. The summed E-state index contributed by atoms with van der Waals surface area (Å²) in [6.07, 6.45) is 2.09. The molecule has 1 aliphatic heterocycles. The number of nitrogens with one attached hydrogen (secondary N) is 1. The van der Waals surface area contributed by atoms with E-state index in [0.717, 1.165) is 37.4 Å². The SMILES string of the molecule is c1ccc(CNCC[C@H](Cc2ccccc2)c2ccc3c(c2)OCO3)cc1. The molecule has 3 nitrogen and oxygen atoms in total. The zero-order valence-corrected chi connectivity index (χ0v) is 15.4. The Morgan fingerprint density at radius 1 is 0.778 bits per heavy atom. The number of benzene rings is 3. The van der Waals surface area contributed by atoms with Crippen LogP contribution in [-0.4, -0.2) is 13.3 Å². The van der Waals surface area contributed by atoms with Crippen LogP contribution in [0.3, 0.4) is 0 Å². The van der Waals surface area contributed by atoms with Gasteiger partial charge in [0, 0.05) is 6.54 Å². The van der Waals surface area contributed by atoms with Crippen molar-refractivity contribution in [3.05, 3.63) is 95.6 Å². The monoisotopic (exact) mass is 359 g/mol. The molecule has 0 fully saturated rings. The molecule has 1 atom stereocenters. The predicted octanol–water partition coefficient (Wildman–Crippen LogP) is 4.92. The largest absolute Gasteiger partial charge is 0.454 e. The number of hydrogen-bond acceptors (Lipinski definition) is 3. The Hall–Kier alpha value is -2.78. The summed E-state index contributed by atoms with van der Waals surface area (Å²) in [6, 6.07) is 27.6. The zero-order chi connectivity index (χ0) is 18.3. The van der Waals surface area contributed by atoms with Gasteiger partial charge in [-0.15, -0.1) is 0 Å². The Kier molecular flexibility index (Phi) is 5.70. The van der Waals surface area contributed by atoms with Crippen LogP contribution in [0, 0.1) is 0 Å². The van der Waals surface area contributed by atoms with Crippen molar-refractivity contribution in [3.63, 3.8) is 0 Å². The molecule has 27 heavy (non-hydrogen) atoms. The second-order valence-electron chi connectivity index (χ2n) is 6.95. The standard InChI is InChI=1S/C24H25NO2/c1-3-7-19(8-4-1)15-22(13-14-25-17-20-9-5-2-6-10-20)21-11-12-23-24(16-21)27-18-26-23/h1-12,16,22,25H,13-15,17-18H2/t22-/m1/s1. The fourth-order valence-corrected chi connectivity index (χ4v) is 3.56. The Bertz CT molecular complexity index is 849. The van der Waals surface area contributed by atoms with Crippen LogP contribution in [0.5, 0.6) is 11.5 Å². The fraction of sp³-hybridized carbons (Fsp3) is 0.250. The van der Waals surface area contributed by atoms with Gasteiger partial charge < -0.3 is 14.8 Å². The second-order valence-corrected chi connectivity index (χ2v) is 6.95. The second kappa shape index (κ2) is 8.74. The van der Waals surface area contributed by atoms with E-state index in [1.165, 1.54) is 16.7 Å². The van der Waals surface area contributed by atoms with E-state index in [1.54, 1.807) is 0 Å². The normalized spacial score (nSPS) is 13.5. The van der Waals surface area contributed by atoms with E-state index in [2.05, 4.69) is 78.1 Å². The van der Waals surface area contributed by atoms with E-state index in [1.807, 2.05) is 6.07 Å². The summed E-state index contributed by atoms with van der Waals surface area (Å²) >= 11 is 0. The van der Waals surface area contributed by atoms with Gasteiger partial charge in [-0.2, -0.15) is 0 Å². The van der Waals surface area contributed by atoms with E-state index in [0.29, 0.717) is 12.7 Å². The van der Waals surface area contributed by atoms with Gasteiger partial charge >= 0.3 is 0 Å². The molecule has 0 aliphatic carbocycles. The fourth-order valence-electron chi connectivity index (χ4n) is 3.56. The van der Waals surface area contributed by atoms with Crippen LogP contribution in [0.15, 0.2) is 78.9 Å². The number of hydrogen-bond donors (Lipinski definition) is 1. The van der Waals surface area contributed by atoms with Gasteiger partial charge in [-0.05, 0) is 54.1 Å². The molecule has 4 rings (SSSR count). The van der Waals surface area contributed by atoms with Crippen molar-refractivity contribution in [2.75, 3.05) is 13.3 Å². The smallest absolute Gasteiger partial charge is 0.231 e. The zero-order valence-electron chi connectivity index (χ0n) is 15.4. The van der Waals surface area contributed by atoms with Gasteiger partial charge in [0.2, 0.25) is 6.79 Å². The molecule has 0 saturated carbocycles. The summed E-state index contributed by atoms with van der Waals surface area (Å²) in [4.78, 5) is 0. The first-order valence-electron chi connectivity index (χ1n) is 9.56. The molecule has 0 spiro atoms. The first-order valence-corrected chi connectivity index (χ1v) is 9.56. The third kappa shape index (κ3) is 4.69. The van der Waals surface area contributed by atoms with Crippen LogP contribution >= 0.6 is 0 Å². The maximum Gasteiger partial charge on any atom is 0.231 e. The lowest BCUT2D eigenvalue weighted by Crippen LogP contribution is -2.18. The van der Waals surface area contributed by atoms with Crippen LogP contribution in [0.1, 0.15) is 29.0 Å². The van der Waals surface area contributed by atoms with Crippen molar-refractivity contribution in [2.45, 2.75) is 25.3 Å². The van der Waals surface area contributed by atoms with E-state index >= 15 is 0 Å². The molecular weight excluding hydrogens is 334 g/mol. The molecule has 0 unspecified atom stereocenters. The highest BCUT2D eigenvalue weighted by molar-refractivity contribution is 5.45. The minimum absolute atomic E-state index is 0.320. The van der Waals surface area contributed by atoms with Gasteiger partial charge in [0.15, 0.2) is 11.5 Å². The summed E-state index contributed by atoms with van der Waals surface area (Å²) in [5.74, 6) is 2.15. The van der Waals surface area contributed by atoms with Gasteiger partial charge in [-0.25, -0.2) is 0 Å². The molecule has 3 aromatic rings. The Morgan fingerprint density at radius 3 is 2.26 bits per heavy atom. The average molecular weight is 359 g/mol. The highest BCUT2D eigenvalue weighted by Crippen LogP contribution is 2.36. The minimum Gasteiger partial charge on any atom is -0.454 e. The van der Waals surface area contributed by atoms with Crippen LogP contribution in [-0.2, 0) is 13.0 Å². The molecule has 0 amide bonds. The first-order chi connectivity index (χ1) is 13.4. The summed E-state index contributed by atoms with van der Waals surface area (Å²) in [7, 11) is 0. The summed E-state index contributed by atoms with van der Waals surface area (Å²) < 4.78 is 11.0. The topological polar surface area (TPSA) is 30.5 Å². The molecule has 1 N–H and O–H groups in total. The third-order valence-corrected chi connectivity index (χ3v) is 5.03. The number of fused-ring (bicyclic) bond motifs is 1. The maximum atomic E-state index is 5.59. The Labute approximate surface area is 161 Å². The van der Waals surface area contributed by atoms with Gasteiger partial charge in [0.05, 0.1) is 0 Å². The first kappa shape index (κ1) is 17.6. The van der Waals surface area contributed by atoms with Gasteiger partial charge in [0.25, 0.3) is 0 Å². The summed E-state index contributed by atoms with van der Waals surface area (Å²) in [5.41, 5.74) is 3.99. The highest BCUT2D eigenvalue weighted by Gasteiger charge is 2.18. The lowest BCUT2D eigenvalue weighted by molar-refractivity contribution is 0.174. The van der Waals surface area contributed by atoms with E-state index in [9.17, 15) is 0 Å². The van der Waals surface area contributed by atoms with Crippen molar-refractivity contribution >= 4 is 0 Å². The van der Waals surface area contributed by atoms with Crippen molar-refractivity contribution in [2.24, 2.45) is 0 Å². The van der Waals surface area contributed by atoms with Crippen molar-refractivity contribution in [1.82, 2.24) is 5.32 Å². The van der Waals surface area contributed by atoms with Gasteiger partial charge in [0.1, 0.15) is 0 Å². The number of ether oxygens (including phenoxy) is 2. The van der Waals surface area contributed by atoms with Crippen LogP contribution in [0.4, 0.5) is 0 Å². The third-order valence-electron chi connectivity index (χ3n) is 5.03. The summed E-state index contributed by atoms with van der Waals surface area (Å²) in [5, 5.41) is 3.58. The van der Waals surface area contributed by atoms with Crippen molar-refractivity contribution in [1.29, 1.82) is 0 Å². The maximum absolute atomic E-state index is 5.59. The molecule has 0 saturated heterocycles. The molecule has 0 radical (unpaired) electrons. The van der Waals surface area contributed by atoms with E-state index in [-0.39, 0.29) is 0 Å². The van der Waals surface area contributed by atoms with Crippen LogP contribution in [0.2, 0.25) is 0 Å². The van der Waals surface area contributed by atoms with E-state index < -0.39 is 0 Å². The highest BCUT2D eigenvalue weighted by atomic mass is 16.7. The molecule has 0 aromatic heterocycles. The van der Waals surface area contributed by atoms with Crippen LogP contribution < -0.4 is 14.8 Å². The molecule has 3 heteroatoms. The number of rotatable bonds is 8. The van der Waals surface area contributed by atoms with Crippen molar-refractivity contribution in [3.8, 4) is 11.5 Å². The minimum atomic E-state index is 0.320. The molecular formula is C24H25NO2. The molecule has 1 aliphatic rings. The molecule has 3 aromatic carbocycles. The Balaban J connectivity index is 1.43. The van der Waals surface area contributed by atoms with E-state index in [4.69, 9.17) is 9.47 Å².